The molecule has 1 amide bonds. The molecule has 0 spiro atoms. The summed E-state index contributed by atoms with van der Waals surface area (Å²) < 4.78 is 4.79. The number of hydrogen-bond acceptors (Lipinski definition) is 5. The number of carbonyl (C=O) groups excluding carboxylic acids is 2. The normalized spacial score (nSPS) is 16.0. The van der Waals surface area contributed by atoms with Gasteiger partial charge in [-0.15, -0.1) is 11.3 Å². The number of rotatable bonds is 3. The van der Waals surface area contributed by atoms with E-state index in [0.717, 1.165) is 41.1 Å². The van der Waals surface area contributed by atoms with Crippen LogP contribution in [0.5, 0.6) is 0 Å². The molecule has 0 fully saturated rings. The topological polar surface area (TPSA) is 59.0 Å². The van der Waals surface area contributed by atoms with Crippen LogP contribution < -0.4 is 4.90 Å². The number of aliphatic imine (C=N–C) groups is 1. The fraction of sp³-hybridized carbons (Fsp3) is 0.350. The summed E-state index contributed by atoms with van der Waals surface area (Å²) in [6.45, 7) is 2.02. The van der Waals surface area contributed by atoms with Crippen molar-refractivity contribution in [1.29, 1.82) is 0 Å². The molecule has 5 nitrogen and oxygen atoms in total. The summed E-state index contributed by atoms with van der Waals surface area (Å²) in [5, 5.41) is 0.835. The molecule has 2 aliphatic rings. The van der Waals surface area contributed by atoms with Gasteiger partial charge in [0.1, 0.15) is 18.1 Å². The number of anilines is 1. The molecule has 0 atom stereocenters. The summed E-state index contributed by atoms with van der Waals surface area (Å²) >= 11 is 1.62. The van der Waals surface area contributed by atoms with E-state index in [2.05, 4.69) is 29.3 Å². The van der Waals surface area contributed by atoms with Crippen LogP contribution in [0.4, 0.5) is 5.00 Å². The van der Waals surface area contributed by atoms with Crippen molar-refractivity contribution in [3.8, 4) is 0 Å². The molecule has 0 radical (unpaired) electrons. The zero-order valence-corrected chi connectivity index (χ0v) is 15.7. The largest absolute Gasteiger partial charge is 0.468 e. The Kier molecular flexibility index (Phi) is 4.36. The first-order valence-corrected chi connectivity index (χ1v) is 9.53. The molecule has 2 aromatic rings. The minimum atomic E-state index is -0.420. The minimum Gasteiger partial charge on any atom is -0.468 e. The van der Waals surface area contributed by atoms with Gasteiger partial charge in [-0.2, -0.15) is 0 Å². The number of methoxy groups -OCH3 is 1. The summed E-state index contributed by atoms with van der Waals surface area (Å²) in [4.78, 5) is 32.1. The molecule has 0 saturated carbocycles. The zero-order chi connectivity index (χ0) is 18.3. The van der Waals surface area contributed by atoms with Crippen molar-refractivity contribution in [2.75, 3.05) is 25.1 Å². The highest BCUT2D eigenvalue weighted by atomic mass is 32.1. The predicted octanol–water partition coefficient (Wildman–Crippen LogP) is 2.90. The van der Waals surface area contributed by atoms with Crippen molar-refractivity contribution < 1.29 is 14.3 Å². The summed E-state index contributed by atoms with van der Waals surface area (Å²) in [6.07, 6.45) is 3.14. The van der Waals surface area contributed by atoms with Crippen LogP contribution in [0, 0.1) is 6.92 Å². The van der Waals surface area contributed by atoms with Gasteiger partial charge < -0.3 is 4.74 Å². The maximum Gasteiger partial charge on any atom is 0.325 e. The molecular weight excluding hydrogens is 348 g/mol. The van der Waals surface area contributed by atoms with Crippen molar-refractivity contribution in [3.63, 3.8) is 0 Å². The van der Waals surface area contributed by atoms with E-state index in [1.807, 2.05) is 6.92 Å². The van der Waals surface area contributed by atoms with E-state index < -0.39 is 5.97 Å². The van der Waals surface area contributed by atoms with E-state index in [4.69, 9.17) is 4.74 Å². The molecule has 6 heteroatoms. The Labute approximate surface area is 156 Å². The lowest BCUT2D eigenvalue weighted by molar-refractivity contribution is -0.139. The number of aryl methyl sites for hydroxylation is 2. The van der Waals surface area contributed by atoms with E-state index in [9.17, 15) is 9.59 Å². The second-order valence-corrected chi connectivity index (χ2v) is 7.71. The maximum absolute atomic E-state index is 12.7. The predicted molar refractivity (Wildman–Crippen MR) is 102 cm³/mol. The number of benzene rings is 1. The highest BCUT2D eigenvalue weighted by molar-refractivity contribution is 7.17. The van der Waals surface area contributed by atoms with Crippen molar-refractivity contribution in [1.82, 2.24) is 0 Å². The average molecular weight is 368 g/mol. The van der Waals surface area contributed by atoms with E-state index in [0.29, 0.717) is 0 Å². The Morgan fingerprint density at radius 2 is 2.04 bits per heavy atom. The molecule has 1 aliphatic carbocycles. The number of amides is 1. The molecule has 134 valence electrons. The fourth-order valence-corrected chi connectivity index (χ4v) is 4.95. The van der Waals surface area contributed by atoms with Gasteiger partial charge in [0, 0.05) is 16.0 Å². The van der Waals surface area contributed by atoms with Crippen LogP contribution in [0.25, 0.3) is 0 Å². The van der Waals surface area contributed by atoms with Gasteiger partial charge in [0.2, 0.25) is 5.91 Å². The van der Waals surface area contributed by atoms with Crippen LogP contribution in [0.3, 0.4) is 0 Å². The highest BCUT2D eigenvalue weighted by Crippen LogP contribution is 2.43. The maximum atomic E-state index is 12.7. The van der Waals surface area contributed by atoms with E-state index >= 15 is 0 Å². The Morgan fingerprint density at radius 1 is 1.27 bits per heavy atom. The molecule has 1 aromatic heterocycles. The lowest BCUT2D eigenvalue weighted by Crippen LogP contribution is -2.37. The molecule has 0 saturated heterocycles. The lowest BCUT2D eigenvalue weighted by atomic mass is 9.98. The van der Waals surface area contributed by atoms with Gasteiger partial charge in [-0.05, 0) is 31.7 Å². The standard InChI is InChI=1S/C20H20N2O3S/c1-12-6-8-13(9-7-12)19-18-14-4-3-5-15(14)26-20(18)22(11-17(24)25-2)16(23)10-21-19/h6-9H,3-5,10-11H2,1-2H3. The van der Waals surface area contributed by atoms with Gasteiger partial charge in [-0.3, -0.25) is 19.5 Å². The molecule has 26 heavy (non-hydrogen) atoms. The van der Waals surface area contributed by atoms with Gasteiger partial charge in [0.25, 0.3) is 0 Å². The molecule has 0 bridgehead atoms. The second-order valence-electron chi connectivity index (χ2n) is 6.62. The van der Waals surface area contributed by atoms with Gasteiger partial charge >= 0.3 is 5.97 Å². The fourth-order valence-electron chi connectivity index (χ4n) is 3.55. The first kappa shape index (κ1) is 17.0. The molecular formula is C20H20N2O3S. The van der Waals surface area contributed by atoms with E-state index in [1.165, 1.54) is 23.1 Å². The number of fused-ring (bicyclic) bond motifs is 3. The van der Waals surface area contributed by atoms with Crippen LogP contribution in [0.1, 0.15) is 33.6 Å². The number of nitrogens with zero attached hydrogens (tertiary/aromatic N) is 2. The van der Waals surface area contributed by atoms with Crippen LogP contribution in [-0.2, 0) is 27.2 Å². The van der Waals surface area contributed by atoms with Crippen LogP contribution >= 0.6 is 11.3 Å². The summed E-state index contributed by atoms with van der Waals surface area (Å²) in [6, 6.07) is 8.22. The number of thiophene rings is 1. The van der Waals surface area contributed by atoms with Crippen molar-refractivity contribution in [2.45, 2.75) is 26.2 Å². The number of hydrogen-bond donors (Lipinski definition) is 0. The smallest absolute Gasteiger partial charge is 0.325 e. The number of esters is 1. The summed E-state index contributed by atoms with van der Waals surface area (Å²) in [7, 11) is 1.34. The third-order valence-electron chi connectivity index (χ3n) is 4.90. The highest BCUT2D eigenvalue weighted by Gasteiger charge is 2.33. The van der Waals surface area contributed by atoms with Crippen molar-refractivity contribution in [2.24, 2.45) is 4.99 Å². The minimum absolute atomic E-state index is 0.0381. The quantitative estimate of drug-likeness (QED) is 0.783. The number of ether oxygens (including phenoxy) is 1. The van der Waals surface area contributed by atoms with Gasteiger partial charge in [-0.25, -0.2) is 0 Å². The van der Waals surface area contributed by atoms with Gasteiger partial charge in [0.05, 0.1) is 12.8 Å². The summed E-state index contributed by atoms with van der Waals surface area (Å²) in [5.41, 5.74) is 5.37. The lowest BCUT2D eigenvalue weighted by Gasteiger charge is -2.19. The molecule has 1 aromatic carbocycles. The Hall–Kier alpha value is -2.47. The number of carbonyl (C=O) groups is 2. The first-order chi connectivity index (χ1) is 12.6. The monoisotopic (exact) mass is 368 g/mol. The third-order valence-corrected chi connectivity index (χ3v) is 6.21. The Balaban J connectivity index is 1.87. The zero-order valence-electron chi connectivity index (χ0n) is 14.9. The van der Waals surface area contributed by atoms with Crippen molar-refractivity contribution >= 4 is 33.9 Å². The van der Waals surface area contributed by atoms with Crippen LogP contribution in [0.15, 0.2) is 29.3 Å². The van der Waals surface area contributed by atoms with E-state index in [-0.39, 0.29) is 19.0 Å². The SMILES string of the molecule is COC(=O)CN1C(=O)CN=C(c2ccc(C)cc2)c2c1sc1c2CCC1. The third kappa shape index (κ3) is 2.84. The first-order valence-electron chi connectivity index (χ1n) is 8.72. The molecule has 2 heterocycles. The van der Waals surface area contributed by atoms with Crippen molar-refractivity contribution in [3.05, 3.63) is 51.4 Å². The van der Waals surface area contributed by atoms with Gasteiger partial charge in [0.15, 0.2) is 0 Å². The van der Waals surface area contributed by atoms with Gasteiger partial charge in [-0.1, -0.05) is 29.8 Å². The average Bonchev–Trinajstić information content (AvgIpc) is 3.19. The molecule has 0 unspecified atom stereocenters. The Morgan fingerprint density at radius 3 is 2.77 bits per heavy atom. The molecule has 1 aliphatic heterocycles. The van der Waals surface area contributed by atoms with Crippen LogP contribution in [-0.4, -0.2) is 37.8 Å². The Bertz CT molecular complexity index is 912. The second kappa shape index (κ2) is 6.68. The molecule has 0 N–H and O–H groups in total. The summed E-state index contributed by atoms with van der Waals surface area (Å²) in [5.74, 6) is -0.588. The van der Waals surface area contributed by atoms with E-state index in [1.54, 1.807) is 16.2 Å². The molecule has 4 rings (SSSR count). The van der Waals surface area contributed by atoms with Crippen LogP contribution in [0.2, 0.25) is 0 Å².